The third-order valence-electron chi connectivity index (χ3n) is 3.55. The van der Waals surface area contributed by atoms with E-state index in [2.05, 4.69) is 0 Å². The fraction of sp³-hybridized carbons (Fsp3) is 0.200. The molecule has 17 heavy (non-hydrogen) atoms. The van der Waals surface area contributed by atoms with Crippen LogP contribution in [0.15, 0.2) is 48.5 Å². The molecule has 0 amide bonds. The first-order valence-electron chi connectivity index (χ1n) is 5.80. The summed E-state index contributed by atoms with van der Waals surface area (Å²) in [7, 11) is 0. The normalized spacial score (nSPS) is 22.4. The third kappa shape index (κ3) is 1.53. The summed E-state index contributed by atoms with van der Waals surface area (Å²) >= 11 is 0. The number of aromatic hydroxyl groups is 1. The van der Waals surface area contributed by atoms with E-state index < -0.39 is 5.60 Å². The topological polar surface area (TPSA) is 40.5 Å². The van der Waals surface area contributed by atoms with Crippen LogP contribution in [-0.4, -0.2) is 10.2 Å². The summed E-state index contributed by atoms with van der Waals surface area (Å²) in [6, 6.07) is 14.9. The van der Waals surface area contributed by atoms with Crippen molar-refractivity contribution in [3.8, 4) is 5.75 Å². The molecule has 0 bridgehead atoms. The lowest BCUT2D eigenvalue weighted by molar-refractivity contribution is 0.0827. The van der Waals surface area contributed by atoms with Crippen molar-refractivity contribution in [2.24, 2.45) is 0 Å². The SMILES string of the molecule is Oc1ccc2c(c1)C(O)(c1ccccc1)CC2. The molecule has 2 N–H and O–H groups in total. The number of rotatable bonds is 1. The molecule has 3 rings (SSSR count). The molecule has 1 atom stereocenters. The molecule has 2 aromatic carbocycles. The van der Waals surface area contributed by atoms with Gasteiger partial charge in [-0.15, -0.1) is 0 Å². The molecule has 86 valence electrons. The Labute approximate surface area is 100 Å². The Bertz CT molecular complexity index is 548. The minimum absolute atomic E-state index is 0.208. The predicted molar refractivity (Wildman–Crippen MR) is 65.9 cm³/mol. The van der Waals surface area contributed by atoms with Gasteiger partial charge in [0.25, 0.3) is 0 Å². The number of fused-ring (bicyclic) bond motifs is 1. The quantitative estimate of drug-likeness (QED) is 0.784. The van der Waals surface area contributed by atoms with E-state index in [4.69, 9.17) is 0 Å². The zero-order valence-electron chi connectivity index (χ0n) is 9.43. The van der Waals surface area contributed by atoms with Crippen molar-refractivity contribution in [2.75, 3.05) is 0 Å². The van der Waals surface area contributed by atoms with Crippen LogP contribution < -0.4 is 0 Å². The molecule has 0 heterocycles. The molecule has 0 saturated heterocycles. The van der Waals surface area contributed by atoms with Crippen LogP contribution in [0.3, 0.4) is 0 Å². The van der Waals surface area contributed by atoms with Gasteiger partial charge in [0.1, 0.15) is 11.4 Å². The molecule has 0 fully saturated rings. The van der Waals surface area contributed by atoms with Crippen molar-refractivity contribution in [1.29, 1.82) is 0 Å². The largest absolute Gasteiger partial charge is 0.508 e. The summed E-state index contributed by atoms with van der Waals surface area (Å²) in [5.74, 6) is 0.208. The maximum absolute atomic E-state index is 10.8. The number of hydrogen-bond acceptors (Lipinski definition) is 2. The first-order valence-corrected chi connectivity index (χ1v) is 5.80. The van der Waals surface area contributed by atoms with Gasteiger partial charge in [-0.05, 0) is 41.7 Å². The minimum atomic E-state index is -0.949. The van der Waals surface area contributed by atoms with Crippen molar-refractivity contribution >= 4 is 0 Å². The second-order valence-electron chi connectivity index (χ2n) is 4.57. The first kappa shape index (κ1) is 10.4. The van der Waals surface area contributed by atoms with Gasteiger partial charge in [0.2, 0.25) is 0 Å². The Hall–Kier alpha value is -1.80. The summed E-state index contributed by atoms with van der Waals surface area (Å²) in [6.45, 7) is 0. The van der Waals surface area contributed by atoms with Crippen molar-refractivity contribution in [1.82, 2.24) is 0 Å². The highest BCUT2D eigenvalue weighted by molar-refractivity contribution is 5.48. The van der Waals surface area contributed by atoms with E-state index in [1.165, 1.54) is 0 Å². The smallest absolute Gasteiger partial charge is 0.115 e. The maximum atomic E-state index is 10.8. The third-order valence-corrected chi connectivity index (χ3v) is 3.55. The van der Waals surface area contributed by atoms with Gasteiger partial charge >= 0.3 is 0 Å². The molecule has 1 aliphatic rings. The average Bonchev–Trinajstić information content (AvgIpc) is 2.70. The molecule has 1 unspecified atom stereocenters. The summed E-state index contributed by atoms with van der Waals surface area (Å²) in [5, 5.41) is 20.4. The lowest BCUT2D eigenvalue weighted by Crippen LogP contribution is -2.23. The zero-order chi connectivity index (χ0) is 11.9. The lowest BCUT2D eigenvalue weighted by Gasteiger charge is -2.24. The highest BCUT2D eigenvalue weighted by Gasteiger charge is 2.38. The van der Waals surface area contributed by atoms with Crippen molar-refractivity contribution in [2.45, 2.75) is 18.4 Å². The summed E-state index contributed by atoms with van der Waals surface area (Å²) < 4.78 is 0. The molecule has 1 aliphatic carbocycles. The van der Waals surface area contributed by atoms with Crippen molar-refractivity contribution in [3.05, 3.63) is 65.2 Å². The molecule has 0 spiro atoms. The number of aliphatic hydroxyl groups is 1. The fourth-order valence-electron chi connectivity index (χ4n) is 2.63. The Morgan fingerprint density at radius 2 is 1.76 bits per heavy atom. The molecular formula is C15H14O2. The van der Waals surface area contributed by atoms with Crippen LogP contribution in [-0.2, 0) is 12.0 Å². The summed E-state index contributed by atoms with van der Waals surface area (Å²) in [5.41, 5.74) is 1.90. The molecular weight excluding hydrogens is 212 g/mol. The van der Waals surface area contributed by atoms with E-state index in [-0.39, 0.29) is 5.75 Å². The van der Waals surface area contributed by atoms with Crippen LogP contribution in [0.1, 0.15) is 23.1 Å². The molecule has 2 aromatic rings. The van der Waals surface area contributed by atoms with Gasteiger partial charge in [-0.2, -0.15) is 0 Å². The van der Waals surface area contributed by atoms with Crippen molar-refractivity contribution < 1.29 is 10.2 Å². The van der Waals surface area contributed by atoms with Gasteiger partial charge in [0.05, 0.1) is 0 Å². The highest BCUT2D eigenvalue weighted by atomic mass is 16.3. The van der Waals surface area contributed by atoms with E-state index in [1.807, 2.05) is 36.4 Å². The highest BCUT2D eigenvalue weighted by Crippen LogP contribution is 2.42. The Balaban J connectivity index is 2.16. The van der Waals surface area contributed by atoms with Crippen LogP contribution in [0.25, 0.3) is 0 Å². The number of hydrogen-bond donors (Lipinski definition) is 2. The Kier molecular flexibility index (Phi) is 2.20. The standard InChI is InChI=1S/C15H14O2/c16-13-7-6-11-8-9-15(17,14(11)10-13)12-4-2-1-3-5-12/h1-7,10,16-17H,8-9H2. The number of phenolic OH excluding ortho intramolecular Hbond substituents is 1. The van der Waals surface area contributed by atoms with E-state index >= 15 is 0 Å². The van der Waals surface area contributed by atoms with Crippen LogP contribution >= 0.6 is 0 Å². The van der Waals surface area contributed by atoms with Crippen LogP contribution in [0.4, 0.5) is 0 Å². The van der Waals surface area contributed by atoms with Gasteiger partial charge in [0.15, 0.2) is 0 Å². The summed E-state index contributed by atoms with van der Waals surface area (Å²) in [6.07, 6.45) is 1.52. The van der Waals surface area contributed by atoms with Crippen molar-refractivity contribution in [3.63, 3.8) is 0 Å². The zero-order valence-corrected chi connectivity index (χ0v) is 9.43. The minimum Gasteiger partial charge on any atom is -0.508 e. The molecule has 2 nitrogen and oxygen atoms in total. The number of phenols is 1. The summed E-state index contributed by atoms with van der Waals surface area (Å²) in [4.78, 5) is 0. The maximum Gasteiger partial charge on any atom is 0.115 e. The lowest BCUT2D eigenvalue weighted by atomic mass is 9.88. The van der Waals surface area contributed by atoms with Gasteiger partial charge in [0, 0.05) is 0 Å². The second kappa shape index (κ2) is 3.60. The first-order chi connectivity index (χ1) is 8.20. The Morgan fingerprint density at radius 3 is 2.53 bits per heavy atom. The van der Waals surface area contributed by atoms with Gasteiger partial charge < -0.3 is 10.2 Å². The number of benzene rings is 2. The molecule has 0 aliphatic heterocycles. The van der Waals surface area contributed by atoms with E-state index in [1.54, 1.807) is 12.1 Å². The van der Waals surface area contributed by atoms with Crippen LogP contribution in [0, 0.1) is 0 Å². The molecule has 2 heteroatoms. The van der Waals surface area contributed by atoms with Gasteiger partial charge in [-0.25, -0.2) is 0 Å². The molecule has 0 radical (unpaired) electrons. The molecule has 0 saturated carbocycles. The van der Waals surface area contributed by atoms with Gasteiger partial charge in [-0.3, -0.25) is 0 Å². The fourth-order valence-corrected chi connectivity index (χ4v) is 2.63. The van der Waals surface area contributed by atoms with E-state index in [9.17, 15) is 10.2 Å². The van der Waals surface area contributed by atoms with Crippen LogP contribution in [0.5, 0.6) is 5.75 Å². The van der Waals surface area contributed by atoms with Crippen LogP contribution in [0.2, 0.25) is 0 Å². The average molecular weight is 226 g/mol. The Morgan fingerprint density at radius 1 is 1.00 bits per heavy atom. The van der Waals surface area contributed by atoms with Gasteiger partial charge in [-0.1, -0.05) is 36.4 Å². The number of aryl methyl sites for hydroxylation is 1. The monoisotopic (exact) mass is 226 g/mol. The molecule has 0 aromatic heterocycles. The van der Waals surface area contributed by atoms with E-state index in [0.29, 0.717) is 6.42 Å². The van der Waals surface area contributed by atoms with E-state index in [0.717, 1.165) is 23.1 Å². The predicted octanol–water partition coefficient (Wildman–Crippen LogP) is 2.57. The second-order valence-corrected chi connectivity index (χ2v) is 4.57.